The lowest BCUT2D eigenvalue weighted by atomic mass is 9.86. The van der Waals surface area contributed by atoms with E-state index < -0.39 is 0 Å². The molecule has 0 spiro atoms. The summed E-state index contributed by atoms with van der Waals surface area (Å²) in [6.07, 6.45) is 3.14. The Bertz CT molecular complexity index is 438. The summed E-state index contributed by atoms with van der Waals surface area (Å²) in [4.78, 5) is 13.9. The van der Waals surface area contributed by atoms with E-state index in [4.69, 9.17) is 5.73 Å². The molecule has 0 unspecified atom stereocenters. The van der Waals surface area contributed by atoms with Gasteiger partial charge in [-0.05, 0) is 30.4 Å². The molecule has 4 rings (SSSR count). The second kappa shape index (κ2) is 4.15. The lowest BCUT2D eigenvalue weighted by Crippen LogP contribution is -2.31. The molecule has 3 fully saturated rings. The summed E-state index contributed by atoms with van der Waals surface area (Å²) in [6, 6.07) is 8.89. The number of nitrogens with zero attached hydrogens (tertiary/aromatic N) is 1. The third-order valence-corrected chi connectivity index (χ3v) is 4.05. The van der Waals surface area contributed by atoms with Crippen molar-refractivity contribution in [3.05, 3.63) is 35.4 Å². The van der Waals surface area contributed by atoms with Crippen molar-refractivity contribution in [2.45, 2.75) is 31.8 Å². The van der Waals surface area contributed by atoms with Crippen LogP contribution in [0.3, 0.4) is 0 Å². The van der Waals surface area contributed by atoms with Gasteiger partial charge in [0, 0.05) is 25.0 Å². The molecule has 0 atom stereocenters. The van der Waals surface area contributed by atoms with E-state index in [9.17, 15) is 4.79 Å². The summed E-state index contributed by atoms with van der Waals surface area (Å²) < 4.78 is 0. The third kappa shape index (κ3) is 1.84. The summed E-state index contributed by atoms with van der Waals surface area (Å²) in [5, 5.41) is 0. The molecule has 2 aliphatic heterocycles. The highest BCUT2D eigenvalue weighted by Crippen LogP contribution is 2.41. The van der Waals surface area contributed by atoms with Gasteiger partial charge >= 0.3 is 0 Å². The van der Waals surface area contributed by atoms with Gasteiger partial charge in [-0.2, -0.15) is 0 Å². The normalized spacial score (nSPS) is 26.2. The van der Waals surface area contributed by atoms with Crippen LogP contribution >= 0.6 is 0 Å². The topological polar surface area (TPSA) is 46.3 Å². The van der Waals surface area contributed by atoms with Gasteiger partial charge in [-0.15, -0.1) is 0 Å². The molecule has 2 bridgehead atoms. The maximum absolute atomic E-state index is 11.8. The Morgan fingerprint density at radius 2 is 2.06 bits per heavy atom. The van der Waals surface area contributed by atoms with Crippen LogP contribution in [0.5, 0.6) is 0 Å². The van der Waals surface area contributed by atoms with Crippen molar-refractivity contribution in [1.82, 2.24) is 4.90 Å². The molecule has 1 aliphatic carbocycles. The molecular formula is C14H18N2O. The molecule has 1 amide bonds. The van der Waals surface area contributed by atoms with E-state index in [1.54, 1.807) is 0 Å². The van der Waals surface area contributed by atoms with E-state index in [0.29, 0.717) is 24.4 Å². The van der Waals surface area contributed by atoms with Gasteiger partial charge in [-0.1, -0.05) is 24.3 Å². The van der Waals surface area contributed by atoms with Crippen molar-refractivity contribution in [2.75, 3.05) is 6.54 Å². The Kier molecular flexibility index (Phi) is 2.63. The van der Waals surface area contributed by atoms with Crippen LogP contribution in [-0.2, 0) is 17.8 Å². The fourth-order valence-corrected chi connectivity index (χ4v) is 2.91. The van der Waals surface area contributed by atoms with Crippen LogP contribution in [0.4, 0.5) is 0 Å². The molecule has 1 aromatic rings. The maximum atomic E-state index is 11.8. The zero-order valence-electron chi connectivity index (χ0n) is 9.93. The standard InChI is InChI=1S/C14H18N2O/c15-9-11-3-1-2-10(6-11)4-5-16-13-7-12(8-13)14(16)17/h1-3,6,12-13H,4-5,7-9,15H2. The zero-order valence-corrected chi connectivity index (χ0v) is 9.93. The van der Waals surface area contributed by atoms with E-state index in [2.05, 4.69) is 17.0 Å². The Labute approximate surface area is 102 Å². The Morgan fingerprint density at radius 3 is 2.71 bits per heavy atom. The molecule has 1 saturated carbocycles. The van der Waals surface area contributed by atoms with Crippen molar-refractivity contribution < 1.29 is 4.79 Å². The zero-order chi connectivity index (χ0) is 11.8. The predicted molar refractivity (Wildman–Crippen MR) is 66.3 cm³/mol. The number of hydrogen-bond donors (Lipinski definition) is 1. The summed E-state index contributed by atoms with van der Waals surface area (Å²) in [7, 11) is 0. The van der Waals surface area contributed by atoms with E-state index in [0.717, 1.165) is 25.8 Å². The molecule has 3 aliphatic rings. The number of carbonyl (C=O) groups is 1. The first-order chi connectivity index (χ1) is 8.28. The molecule has 2 heterocycles. The number of rotatable bonds is 4. The van der Waals surface area contributed by atoms with Crippen molar-refractivity contribution >= 4 is 5.91 Å². The fourth-order valence-electron chi connectivity index (χ4n) is 2.91. The minimum Gasteiger partial charge on any atom is -0.339 e. The van der Waals surface area contributed by atoms with E-state index in [1.807, 2.05) is 12.1 Å². The van der Waals surface area contributed by atoms with Gasteiger partial charge in [0.1, 0.15) is 0 Å². The van der Waals surface area contributed by atoms with E-state index >= 15 is 0 Å². The van der Waals surface area contributed by atoms with Crippen molar-refractivity contribution in [3.63, 3.8) is 0 Å². The smallest absolute Gasteiger partial charge is 0.226 e. The van der Waals surface area contributed by atoms with Gasteiger partial charge in [0.2, 0.25) is 5.91 Å². The van der Waals surface area contributed by atoms with Crippen LogP contribution in [0.2, 0.25) is 0 Å². The van der Waals surface area contributed by atoms with Gasteiger partial charge < -0.3 is 10.6 Å². The average Bonchev–Trinajstić information content (AvgIpc) is 2.77. The van der Waals surface area contributed by atoms with Crippen LogP contribution < -0.4 is 5.73 Å². The van der Waals surface area contributed by atoms with Gasteiger partial charge in [-0.25, -0.2) is 0 Å². The van der Waals surface area contributed by atoms with Gasteiger partial charge in [0.15, 0.2) is 0 Å². The molecule has 2 saturated heterocycles. The van der Waals surface area contributed by atoms with Crippen LogP contribution in [0.15, 0.2) is 24.3 Å². The van der Waals surface area contributed by atoms with Gasteiger partial charge in [0.05, 0.1) is 0 Å². The predicted octanol–water partition coefficient (Wildman–Crippen LogP) is 1.31. The second-order valence-corrected chi connectivity index (χ2v) is 5.13. The first kappa shape index (κ1) is 10.8. The Hall–Kier alpha value is -1.35. The molecule has 0 aromatic heterocycles. The number of hydrogen-bond acceptors (Lipinski definition) is 2. The highest BCUT2D eigenvalue weighted by molar-refractivity contribution is 5.84. The maximum Gasteiger partial charge on any atom is 0.226 e. The number of nitrogens with two attached hydrogens (primary N) is 1. The highest BCUT2D eigenvalue weighted by Gasteiger charge is 2.49. The molecule has 0 radical (unpaired) electrons. The summed E-state index contributed by atoms with van der Waals surface area (Å²) >= 11 is 0. The number of benzene rings is 1. The lowest BCUT2D eigenvalue weighted by molar-refractivity contribution is -0.128. The van der Waals surface area contributed by atoms with Crippen molar-refractivity contribution in [1.29, 1.82) is 0 Å². The van der Waals surface area contributed by atoms with Crippen molar-refractivity contribution in [3.8, 4) is 0 Å². The molecule has 17 heavy (non-hydrogen) atoms. The SMILES string of the molecule is NCc1cccc(CCN2C(=O)C3CC2C3)c1. The van der Waals surface area contributed by atoms with Gasteiger partial charge in [0.25, 0.3) is 0 Å². The van der Waals surface area contributed by atoms with E-state index in [-0.39, 0.29) is 0 Å². The van der Waals surface area contributed by atoms with Crippen LogP contribution in [-0.4, -0.2) is 23.4 Å². The molecule has 3 heteroatoms. The van der Waals surface area contributed by atoms with Crippen LogP contribution in [0.25, 0.3) is 0 Å². The minimum atomic E-state index is 0.357. The first-order valence-electron chi connectivity index (χ1n) is 6.36. The fraction of sp³-hybridized carbons (Fsp3) is 0.500. The Morgan fingerprint density at radius 1 is 1.29 bits per heavy atom. The summed E-state index contributed by atoms with van der Waals surface area (Å²) in [5.74, 6) is 0.736. The molecule has 90 valence electrons. The third-order valence-electron chi connectivity index (χ3n) is 4.05. The lowest BCUT2D eigenvalue weighted by Gasteiger charge is -2.25. The number of amides is 1. The number of carbonyl (C=O) groups excluding carboxylic acids is 1. The highest BCUT2D eigenvalue weighted by atomic mass is 16.2. The molecule has 3 nitrogen and oxygen atoms in total. The van der Waals surface area contributed by atoms with Crippen LogP contribution in [0.1, 0.15) is 24.0 Å². The molecular weight excluding hydrogens is 212 g/mol. The summed E-state index contributed by atoms with van der Waals surface area (Å²) in [6.45, 7) is 1.45. The number of fused-ring (bicyclic) bond motifs is 1. The largest absolute Gasteiger partial charge is 0.339 e. The quantitative estimate of drug-likeness (QED) is 0.847. The summed E-state index contributed by atoms with van der Waals surface area (Å²) in [5.41, 5.74) is 8.07. The molecule has 1 aromatic carbocycles. The van der Waals surface area contributed by atoms with Crippen LogP contribution in [0, 0.1) is 5.92 Å². The first-order valence-corrected chi connectivity index (χ1v) is 6.36. The average molecular weight is 230 g/mol. The molecule has 2 N–H and O–H groups in total. The Balaban J connectivity index is 1.62. The minimum absolute atomic E-state index is 0.357. The second-order valence-electron chi connectivity index (χ2n) is 5.13. The van der Waals surface area contributed by atoms with E-state index in [1.165, 1.54) is 11.1 Å². The monoisotopic (exact) mass is 230 g/mol. The van der Waals surface area contributed by atoms with Gasteiger partial charge in [-0.3, -0.25) is 4.79 Å². The van der Waals surface area contributed by atoms with Crippen molar-refractivity contribution in [2.24, 2.45) is 11.7 Å².